The van der Waals surface area contributed by atoms with E-state index < -0.39 is 5.41 Å². The highest BCUT2D eigenvalue weighted by atomic mass is 19.1. The molecule has 0 aliphatic carbocycles. The minimum Gasteiger partial charge on any atom is -0.368 e. The first-order chi connectivity index (χ1) is 8.00. The summed E-state index contributed by atoms with van der Waals surface area (Å²) in [6, 6.07) is 6.27. The first-order valence-corrected chi connectivity index (χ1v) is 5.21. The summed E-state index contributed by atoms with van der Waals surface area (Å²) in [5, 5.41) is 0. The summed E-state index contributed by atoms with van der Waals surface area (Å²) in [5.74, 6) is 0.488. The van der Waals surface area contributed by atoms with E-state index in [1.807, 2.05) is 13.8 Å². The van der Waals surface area contributed by atoms with Crippen LogP contribution in [0.2, 0.25) is 0 Å². The lowest BCUT2D eigenvalue weighted by atomic mass is 9.84. The molecule has 0 saturated carbocycles. The van der Waals surface area contributed by atoms with Crippen LogP contribution in [0.1, 0.15) is 25.2 Å². The van der Waals surface area contributed by atoms with E-state index >= 15 is 0 Å². The Bertz CT molecular complexity index is 522. The first-order valence-electron chi connectivity index (χ1n) is 5.21. The number of rotatable bonds is 2. The maximum atomic E-state index is 12.9. The van der Waals surface area contributed by atoms with Crippen LogP contribution in [0.5, 0.6) is 0 Å². The van der Waals surface area contributed by atoms with Gasteiger partial charge < -0.3 is 5.73 Å². The summed E-state index contributed by atoms with van der Waals surface area (Å²) < 4.78 is 12.9. The third kappa shape index (κ3) is 2.22. The maximum Gasteiger partial charge on any atom is 0.223 e. The molecule has 0 fully saturated rings. The normalized spacial score (nSPS) is 11.5. The topological polar surface area (TPSA) is 64.7 Å². The minimum atomic E-state index is -0.440. The Labute approximate surface area is 98.7 Å². The van der Waals surface area contributed by atoms with E-state index in [0.29, 0.717) is 5.82 Å². The van der Waals surface area contributed by atoms with Crippen LogP contribution in [0, 0.1) is 5.82 Å². The Morgan fingerprint density at radius 1 is 1.12 bits per heavy atom. The second-order valence-electron chi connectivity index (χ2n) is 4.30. The van der Waals surface area contributed by atoms with Crippen molar-refractivity contribution >= 4 is 5.95 Å². The summed E-state index contributed by atoms with van der Waals surface area (Å²) >= 11 is 0. The van der Waals surface area contributed by atoms with Crippen molar-refractivity contribution in [3.05, 3.63) is 47.8 Å². The number of nitrogens with two attached hydrogens (primary N) is 1. The lowest BCUT2D eigenvalue weighted by molar-refractivity contribution is 0.580. The van der Waals surface area contributed by atoms with Crippen LogP contribution < -0.4 is 5.73 Å². The van der Waals surface area contributed by atoms with Gasteiger partial charge in [-0.3, -0.25) is 0 Å². The zero-order valence-corrected chi connectivity index (χ0v) is 9.68. The van der Waals surface area contributed by atoms with Crippen molar-refractivity contribution in [2.75, 3.05) is 5.73 Å². The maximum absolute atomic E-state index is 12.9. The Hall–Kier alpha value is -2.04. The van der Waals surface area contributed by atoms with Gasteiger partial charge in [0, 0.05) is 5.41 Å². The number of hydrogen-bond donors (Lipinski definition) is 1. The number of nitrogen functional groups attached to an aromatic ring is 1. The lowest BCUT2D eigenvalue weighted by Gasteiger charge is -2.23. The van der Waals surface area contributed by atoms with E-state index in [1.165, 1.54) is 18.5 Å². The zero-order chi connectivity index (χ0) is 12.5. The molecule has 0 saturated heterocycles. The van der Waals surface area contributed by atoms with Gasteiger partial charge in [-0.1, -0.05) is 12.1 Å². The van der Waals surface area contributed by atoms with Crippen molar-refractivity contribution in [2.45, 2.75) is 19.3 Å². The average molecular weight is 232 g/mol. The van der Waals surface area contributed by atoms with Crippen LogP contribution >= 0.6 is 0 Å². The van der Waals surface area contributed by atoms with Crippen molar-refractivity contribution in [2.24, 2.45) is 0 Å². The molecule has 2 rings (SSSR count). The van der Waals surface area contributed by atoms with Gasteiger partial charge in [0.1, 0.15) is 18.0 Å². The predicted molar refractivity (Wildman–Crippen MR) is 62.8 cm³/mol. The largest absolute Gasteiger partial charge is 0.368 e. The van der Waals surface area contributed by atoms with E-state index in [4.69, 9.17) is 5.73 Å². The van der Waals surface area contributed by atoms with Crippen molar-refractivity contribution in [1.29, 1.82) is 0 Å². The highest BCUT2D eigenvalue weighted by Gasteiger charge is 2.26. The molecule has 88 valence electrons. The van der Waals surface area contributed by atoms with Crippen LogP contribution in [0.15, 0.2) is 30.6 Å². The second-order valence-corrected chi connectivity index (χ2v) is 4.30. The van der Waals surface area contributed by atoms with Gasteiger partial charge in [0.2, 0.25) is 5.95 Å². The van der Waals surface area contributed by atoms with Crippen LogP contribution in [0.25, 0.3) is 0 Å². The van der Waals surface area contributed by atoms with Crippen LogP contribution in [-0.4, -0.2) is 15.0 Å². The molecular formula is C12H13FN4. The summed E-state index contributed by atoms with van der Waals surface area (Å²) in [6.45, 7) is 3.91. The standard InChI is InChI=1S/C12H13FN4/c1-12(2,8-3-5-9(13)6-4-8)10-15-7-16-11(14)17-10/h3-7H,1-2H3,(H2,14,15,16,17). The smallest absolute Gasteiger partial charge is 0.223 e. The monoisotopic (exact) mass is 232 g/mol. The molecule has 0 unspecified atom stereocenters. The van der Waals surface area contributed by atoms with Gasteiger partial charge in [-0.05, 0) is 31.5 Å². The SMILES string of the molecule is CC(C)(c1ccc(F)cc1)c1ncnc(N)n1. The molecule has 0 radical (unpaired) electrons. The van der Waals surface area contributed by atoms with Crippen LogP contribution in [0.3, 0.4) is 0 Å². The van der Waals surface area contributed by atoms with Crippen LogP contribution in [0.4, 0.5) is 10.3 Å². The highest BCUT2D eigenvalue weighted by Crippen LogP contribution is 2.28. The van der Waals surface area contributed by atoms with Crippen molar-refractivity contribution in [3.63, 3.8) is 0 Å². The Morgan fingerprint density at radius 2 is 1.76 bits per heavy atom. The third-order valence-corrected chi connectivity index (χ3v) is 2.72. The Morgan fingerprint density at radius 3 is 2.35 bits per heavy atom. The molecule has 5 heteroatoms. The molecule has 2 N–H and O–H groups in total. The van der Waals surface area contributed by atoms with Crippen molar-refractivity contribution in [3.8, 4) is 0 Å². The van der Waals surface area contributed by atoms with Crippen molar-refractivity contribution in [1.82, 2.24) is 15.0 Å². The Balaban J connectivity index is 2.45. The summed E-state index contributed by atoms with van der Waals surface area (Å²) in [4.78, 5) is 12.0. The van der Waals surface area contributed by atoms with E-state index in [2.05, 4.69) is 15.0 Å². The third-order valence-electron chi connectivity index (χ3n) is 2.72. The van der Waals surface area contributed by atoms with Gasteiger partial charge in [0.05, 0.1) is 0 Å². The Kier molecular flexibility index (Phi) is 2.75. The molecule has 4 nitrogen and oxygen atoms in total. The van der Waals surface area contributed by atoms with Crippen LogP contribution in [-0.2, 0) is 5.41 Å². The van der Waals surface area contributed by atoms with Gasteiger partial charge in [0.25, 0.3) is 0 Å². The van der Waals surface area contributed by atoms with E-state index in [-0.39, 0.29) is 11.8 Å². The number of aromatic nitrogens is 3. The summed E-state index contributed by atoms with van der Waals surface area (Å²) in [6.07, 6.45) is 1.38. The predicted octanol–water partition coefficient (Wildman–Crippen LogP) is 1.92. The zero-order valence-electron chi connectivity index (χ0n) is 9.68. The minimum absolute atomic E-state index is 0.185. The fraction of sp³-hybridized carbons (Fsp3) is 0.250. The van der Waals surface area contributed by atoms with Crippen molar-refractivity contribution < 1.29 is 4.39 Å². The summed E-state index contributed by atoms with van der Waals surface area (Å²) in [7, 11) is 0. The molecule has 1 aromatic carbocycles. The molecule has 17 heavy (non-hydrogen) atoms. The number of benzene rings is 1. The summed E-state index contributed by atoms with van der Waals surface area (Å²) in [5.41, 5.74) is 6.02. The molecule has 0 aliphatic rings. The quantitative estimate of drug-likeness (QED) is 0.859. The van der Waals surface area contributed by atoms with Gasteiger partial charge in [-0.25, -0.2) is 14.4 Å². The van der Waals surface area contributed by atoms with Gasteiger partial charge in [-0.15, -0.1) is 0 Å². The van der Waals surface area contributed by atoms with Gasteiger partial charge >= 0.3 is 0 Å². The molecule has 0 aliphatic heterocycles. The molecule has 0 spiro atoms. The molecule has 1 heterocycles. The second kappa shape index (κ2) is 4.08. The van der Waals surface area contributed by atoms with E-state index in [0.717, 1.165) is 5.56 Å². The molecule has 1 aromatic heterocycles. The number of halogens is 1. The first kappa shape index (κ1) is 11.4. The van der Waals surface area contributed by atoms with E-state index in [9.17, 15) is 4.39 Å². The number of hydrogen-bond acceptors (Lipinski definition) is 4. The fourth-order valence-corrected chi connectivity index (χ4v) is 1.61. The lowest BCUT2D eigenvalue weighted by Crippen LogP contribution is -2.23. The number of nitrogens with zero attached hydrogens (tertiary/aromatic N) is 3. The molecule has 0 bridgehead atoms. The average Bonchev–Trinajstić information content (AvgIpc) is 2.29. The molecule has 2 aromatic rings. The highest BCUT2D eigenvalue weighted by molar-refractivity contribution is 5.32. The molecule has 0 amide bonds. The molecular weight excluding hydrogens is 219 g/mol. The molecule has 0 atom stereocenters. The fourth-order valence-electron chi connectivity index (χ4n) is 1.61. The number of anilines is 1. The van der Waals surface area contributed by atoms with E-state index in [1.54, 1.807) is 12.1 Å². The van der Waals surface area contributed by atoms with Gasteiger partial charge in [0.15, 0.2) is 0 Å². The van der Waals surface area contributed by atoms with Gasteiger partial charge in [-0.2, -0.15) is 4.98 Å².